The van der Waals surface area contributed by atoms with Gasteiger partial charge in [-0.25, -0.2) is 0 Å². The van der Waals surface area contributed by atoms with Crippen LogP contribution >= 0.6 is 0 Å². The van der Waals surface area contributed by atoms with Gasteiger partial charge in [-0.2, -0.15) is 0 Å². The fourth-order valence-electron chi connectivity index (χ4n) is 0. The SMILES string of the molecule is CCO.CCO.CCO.CCO.[O]=[Zr]([OH])[OH]. The van der Waals surface area contributed by atoms with Crippen molar-refractivity contribution in [3.8, 4) is 0 Å². The Morgan fingerprint density at radius 1 is 0.688 bits per heavy atom. The standard InChI is InChI=1S/4C2H6O.2H2O.O.Zr/c4*1-2-3;;;;/h4*3H,2H2,1H3;2*1H2;;/q;;;;;;;+2/p-2. The summed E-state index contributed by atoms with van der Waals surface area (Å²) in [6, 6.07) is 0. The second kappa shape index (κ2) is 58.1. The van der Waals surface area contributed by atoms with Crippen molar-refractivity contribution in [3.05, 3.63) is 0 Å². The Hall–Kier alpha value is 0.443. The third kappa shape index (κ3) is 13300. The van der Waals surface area contributed by atoms with Gasteiger partial charge in [-0.3, -0.25) is 0 Å². The van der Waals surface area contributed by atoms with Crippen molar-refractivity contribution in [1.82, 2.24) is 0 Å². The quantitative estimate of drug-likeness (QED) is 0.327. The molecule has 8 heteroatoms. The monoisotopic (exact) mass is 324 g/mol. The first-order valence-corrected chi connectivity index (χ1v) is 7.95. The predicted octanol–water partition coefficient (Wildman–Crippen LogP) is -1.24. The molecule has 0 unspecified atom stereocenters. The average molecular weight is 326 g/mol. The first-order valence-electron chi connectivity index (χ1n) is 4.74. The van der Waals surface area contributed by atoms with Crippen LogP contribution in [0.3, 0.4) is 0 Å². The van der Waals surface area contributed by atoms with Crippen LogP contribution in [0.2, 0.25) is 0 Å². The van der Waals surface area contributed by atoms with E-state index in [0.717, 1.165) is 0 Å². The van der Waals surface area contributed by atoms with Gasteiger partial charge in [0.2, 0.25) is 0 Å². The van der Waals surface area contributed by atoms with Crippen LogP contribution in [-0.2, 0) is 25.4 Å². The van der Waals surface area contributed by atoms with Crippen molar-refractivity contribution in [3.63, 3.8) is 0 Å². The molecule has 0 fully saturated rings. The molecule has 0 aliphatic heterocycles. The van der Waals surface area contributed by atoms with E-state index in [0.29, 0.717) is 0 Å². The maximum absolute atomic E-state index is 8.84. The van der Waals surface area contributed by atoms with Crippen LogP contribution in [0.25, 0.3) is 0 Å². The second-order valence-electron chi connectivity index (χ2n) is 1.55. The van der Waals surface area contributed by atoms with E-state index in [1.165, 1.54) is 0 Å². The molecule has 0 aromatic carbocycles. The van der Waals surface area contributed by atoms with Crippen LogP contribution in [0.4, 0.5) is 0 Å². The molecule has 0 heterocycles. The molecule has 0 bridgehead atoms. The van der Waals surface area contributed by atoms with Crippen LogP contribution in [0.5, 0.6) is 0 Å². The molecule has 0 aliphatic carbocycles. The van der Waals surface area contributed by atoms with Crippen molar-refractivity contribution in [1.29, 1.82) is 0 Å². The summed E-state index contributed by atoms with van der Waals surface area (Å²) >= 11 is -3.79. The Morgan fingerprint density at radius 2 is 0.688 bits per heavy atom. The number of hydrogen-bond acceptors (Lipinski definition) is 5. The molecule has 0 rings (SSSR count). The van der Waals surface area contributed by atoms with Gasteiger partial charge >= 0.3 is 31.8 Å². The van der Waals surface area contributed by atoms with E-state index in [1.54, 1.807) is 27.7 Å². The van der Waals surface area contributed by atoms with Gasteiger partial charge in [0.05, 0.1) is 0 Å². The second-order valence-corrected chi connectivity index (χ2v) is 2.94. The Kier molecular flexibility index (Phi) is 109. The summed E-state index contributed by atoms with van der Waals surface area (Å²) < 4.78 is 23.3. The molecule has 0 saturated carbocycles. The zero-order valence-electron chi connectivity index (χ0n) is 10.4. The molecule has 0 radical (unpaired) electrons. The summed E-state index contributed by atoms with van der Waals surface area (Å²) in [5, 5.41) is 30.3. The Bertz CT molecular complexity index is 70.8. The number of aliphatic hydroxyl groups is 4. The third-order valence-electron chi connectivity index (χ3n) is 0. The topological polar surface area (TPSA) is 138 Å². The van der Waals surface area contributed by atoms with Crippen LogP contribution in [0.1, 0.15) is 27.7 Å². The average Bonchev–Trinajstić information content (AvgIpc) is 2.06. The molecule has 104 valence electrons. The minimum absolute atomic E-state index is 0.250. The molecule has 0 spiro atoms. The summed E-state index contributed by atoms with van der Waals surface area (Å²) in [6.07, 6.45) is 0. The van der Waals surface area contributed by atoms with E-state index in [1.807, 2.05) is 0 Å². The molecule has 0 atom stereocenters. The third-order valence-corrected chi connectivity index (χ3v) is 0. The normalized spacial score (nSPS) is 6.12. The summed E-state index contributed by atoms with van der Waals surface area (Å²) in [7, 11) is 0. The van der Waals surface area contributed by atoms with E-state index in [2.05, 4.69) is 0 Å². The minimum atomic E-state index is -3.79. The van der Waals surface area contributed by atoms with Crippen LogP contribution < -0.4 is 0 Å². The van der Waals surface area contributed by atoms with E-state index >= 15 is 0 Å². The summed E-state index contributed by atoms with van der Waals surface area (Å²) in [5.41, 5.74) is 0. The van der Waals surface area contributed by atoms with Gasteiger partial charge < -0.3 is 20.4 Å². The molecule has 0 aromatic heterocycles. The summed E-state index contributed by atoms with van der Waals surface area (Å²) in [4.78, 5) is 0. The maximum atomic E-state index is 8.84. The number of aliphatic hydroxyl groups excluding tert-OH is 4. The van der Waals surface area contributed by atoms with Crippen LogP contribution in [0.15, 0.2) is 0 Å². The molecular weight excluding hydrogens is 299 g/mol. The van der Waals surface area contributed by atoms with Crippen LogP contribution in [0, 0.1) is 0 Å². The molecule has 0 aliphatic rings. The number of hydrogen-bond donors (Lipinski definition) is 6. The van der Waals surface area contributed by atoms with Gasteiger partial charge in [0.15, 0.2) is 0 Å². The molecular formula is C8H26O7Zr. The summed E-state index contributed by atoms with van der Waals surface area (Å²) in [5.74, 6) is 0. The van der Waals surface area contributed by atoms with Crippen molar-refractivity contribution < 1.29 is 52.2 Å². The van der Waals surface area contributed by atoms with Crippen LogP contribution in [-0.4, -0.2) is 53.2 Å². The van der Waals surface area contributed by atoms with Crippen molar-refractivity contribution in [2.24, 2.45) is 0 Å². The first kappa shape index (κ1) is 29.9. The zero-order chi connectivity index (χ0) is 14.4. The van der Waals surface area contributed by atoms with E-state index in [4.69, 9.17) is 29.6 Å². The number of rotatable bonds is 0. The summed E-state index contributed by atoms with van der Waals surface area (Å²) in [6.45, 7) is 7.72. The predicted molar refractivity (Wildman–Crippen MR) is 56.2 cm³/mol. The van der Waals surface area contributed by atoms with Gasteiger partial charge in [0.1, 0.15) is 0 Å². The Morgan fingerprint density at radius 3 is 0.688 bits per heavy atom. The fourth-order valence-corrected chi connectivity index (χ4v) is 0. The molecule has 0 saturated heterocycles. The van der Waals surface area contributed by atoms with Crippen molar-refractivity contribution >= 4 is 0 Å². The molecule has 0 aromatic rings. The van der Waals surface area contributed by atoms with E-state index in [-0.39, 0.29) is 26.4 Å². The van der Waals surface area contributed by atoms with Crippen molar-refractivity contribution in [2.45, 2.75) is 27.7 Å². The van der Waals surface area contributed by atoms with E-state index in [9.17, 15) is 0 Å². The molecule has 16 heavy (non-hydrogen) atoms. The van der Waals surface area contributed by atoms with Gasteiger partial charge in [-0.1, -0.05) is 0 Å². The molecule has 6 N–H and O–H groups in total. The first-order chi connectivity index (χ1) is 7.39. The van der Waals surface area contributed by atoms with Gasteiger partial charge in [0.25, 0.3) is 0 Å². The zero-order valence-corrected chi connectivity index (χ0v) is 12.9. The van der Waals surface area contributed by atoms with Gasteiger partial charge in [-0.05, 0) is 27.7 Å². The Balaban J connectivity index is -0.0000000317. The Labute approximate surface area is 106 Å². The van der Waals surface area contributed by atoms with E-state index < -0.39 is 22.6 Å². The molecule has 0 amide bonds. The van der Waals surface area contributed by atoms with Gasteiger partial charge in [0, 0.05) is 26.4 Å². The fraction of sp³-hybridized carbons (Fsp3) is 1.00. The van der Waals surface area contributed by atoms with Gasteiger partial charge in [-0.15, -0.1) is 0 Å². The molecule has 7 nitrogen and oxygen atoms in total. The van der Waals surface area contributed by atoms with Crippen molar-refractivity contribution in [2.75, 3.05) is 26.4 Å².